The zero-order valence-electron chi connectivity index (χ0n) is 16.2. The van der Waals surface area contributed by atoms with Gasteiger partial charge in [0, 0.05) is 23.5 Å². The maximum absolute atomic E-state index is 12.4. The summed E-state index contributed by atoms with van der Waals surface area (Å²) < 4.78 is 7.85. The summed E-state index contributed by atoms with van der Waals surface area (Å²) in [5, 5.41) is 2.80. The highest BCUT2D eigenvalue weighted by molar-refractivity contribution is 5.99. The topological polar surface area (TPSA) is 103 Å². The van der Waals surface area contributed by atoms with Gasteiger partial charge in [-0.1, -0.05) is 18.2 Å². The molecule has 150 valence electrons. The monoisotopic (exact) mass is 395 g/mol. The van der Waals surface area contributed by atoms with Crippen LogP contribution in [0.1, 0.15) is 21.7 Å². The van der Waals surface area contributed by atoms with Crippen LogP contribution in [0.2, 0.25) is 0 Å². The fourth-order valence-corrected chi connectivity index (χ4v) is 3.25. The average molecular weight is 395 g/mol. The molecule has 0 fully saturated rings. The normalized spacial score (nSPS) is 10.8. The molecule has 0 aliphatic rings. The van der Waals surface area contributed by atoms with Crippen molar-refractivity contribution in [3.8, 4) is 0 Å². The van der Waals surface area contributed by atoms with Crippen LogP contribution in [0.3, 0.4) is 0 Å². The summed E-state index contributed by atoms with van der Waals surface area (Å²) in [5.74, 6) is -1.15. The lowest BCUT2D eigenvalue weighted by Crippen LogP contribution is -2.33. The number of aromatic nitrogens is 3. The average Bonchev–Trinajstić information content (AvgIpc) is 2.99. The third-order valence-electron chi connectivity index (χ3n) is 4.72. The third kappa shape index (κ3) is 3.96. The first kappa shape index (κ1) is 20.1. The van der Waals surface area contributed by atoms with Crippen molar-refractivity contribution in [2.45, 2.75) is 26.9 Å². The van der Waals surface area contributed by atoms with E-state index >= 15 is 0 Å². The maximum atomic E-state index is 12.4. The zero-order chi connectivity index (χ0) is 21.1. The number of nitrogens with zero attached hydrogens (tertiary/aromatic N) is 2. The number of fused-ring (bicyclic) bond motifs is 1. The van der Waals surface area contributed by atoms with Gasteiger partial charge in [-0.3, -0.25) is 24.3 Å². The standard InChI is InChI=1S/C21H21N3O5/c1-4-9-23-13(2)10-17(14(23)3)18(25)12-29-19(26)11-24-21(28)16-8-6-5-7-15(16)20(27)22-24/h4-8,10H,1,9,11-12H2,2-3H3,(H,22,27). The largest absolute Gasteiger partial charge is 0.456 e. The maximum Gasteiger partial charge on any atom is 0.328 e. The van der Waals surface area contributed by atoms with E-state index in [1.807, 2.05) is 18.4 Å². The minimum atomic E-state index is -0.800. The number of esters is 1. The van der Waals surface area contributed by atoms with Crippen molar-refractivity contribution in [2.24, 2.45) is 0 Å². The number of rotatable bonds is 7. The van der Waals surface area contributed by atoms with Crippen LogP contribution in [-0.4, -0.2) is 32.7 Å². The molecule has 1 N–H and O–H groups in total. The highest BCUT2D eigenvalue weighted by atomic mass is 16.5. The molecule has 0 radical (unpaired) electrons. The van der Waals surface area contributed by atoms with Gasteiger partial charge in [-0.25, -0.2) is 4.68 Å². The number of allylic oxidation sites excluding steroid dienone is 1. The summed E-state index contributed by atoms with van der Waals surface area (Å²) in [7, 11) is 0. The minimum absolute atomic E-state index is 0.204. The van der Waals surface area contributed by atoms with Crippen molar-refractivity contribution in [2.75, 3.05) is 6.61 Å². The Kier molecular flexibility index (Phi) is 5.63. The molecule has 1 aromatic carbocycles. The van der Waals surface area contributed by atoms with Gasteiger partial charge >= 0.3 is 5.97 Å². The molecule has 29 heavy (non-hydrogen) atoms. The van der Waals surface area contributed by atoms with Gasteiger partial charge < -0.3 is 9.30 Å². The lowest BCUT2D eigenvalue weighted by molar-refractivity contribution is -0.143. The van der Waals surface area contributed by atoms with Crippen LogP contribution in [0, 0.1) is 13.8 Å². The molecule has 2 aromatic heterocycles. The van der Waals surface area contributed by atoms with Gasteiger partial charge in [-0.2, -0.15) is 0 Å². The Bertz CT molecular complexity index is 1230. The molecular weight excluding hydrogens is 374 g/mol. The van der Waals surface area contributed by atoms with E-state index in [4.69, 9.17) is 4.74 Å². The van der Waals surface area contributed by atoms with Gasteiger partial charge in [0.25, 0.3) is 11.1 Å². The smallest absolute Gasteiger partial charge is 0.328 e. The van der Waals surface area contributed by atoms with E-state index in [2.05, 4.69) is 11.7 Å². The molecule has 0 aliphatic heterocycles. The molecule has 0 saturated carbocycles. The summed E-state index contributed by atoms with van der Waals surface area (Å²) in [5.41, 5.74) is 1.12. The molecule has 0 bridgehead atoms. The molecule has 0 amide bonds. The zero-order valence-corrected chi connectivity index (χ0v) is 16.2. The van der Waals surface area contributed by atoms with Crippen molar-refractivity contribution in [3.05, 3.63) is 80.6 Å². The minimum Gasteiger partial charge on any atom is -0.456 e. The molecule has 0 aliphatic carbocycles. The second kappa shape index (κ2) is 8.14. The number of H-pyrrole nitrogens is 1. The van der Waals surface area contributed by atoms with Crippen molar-refractivity contribution < 1.29 is 14.3 Å². The Morgan fingerprint density at radius 3 is 2.55 bits per heavy atom. The van der Waals surface area contributed by atoms with E-state index in [0.29, 0.717) is 12.1 Å². The number of aromatic amines is 1. The summed E-state index contributed by atoms with van der Waals surface area (Å²) in [6, 6.07) is 8.05. The first-order valence-electron chi connectivity index (χ1n) is 9.01. The van der Waals surface area contributed by atoms with Crippen LogP contribution >= 0.6 is 0 Å². The van der Waals surface area contributed by atoms with Crippen molar-refractivity contribution in [3.63, 3.8) is 0 Å². The van der Waals surface area contributed by atoms with E-state index in [-0.39, 0.29) is 16.6 Å². The molecule has 8 heteroatoms. The van der Waals surface area contributed by atoms with Gasteiger partial charge in [0.15, 0.2) is 6.61 Å². The number of ketones is 1. The summed E-state index contributed by atoms with van der Waals surface area (Å²) >= 11 is 0. The third-order valence-corrected chi connectivity index (χ3v) is 4.72. The van der Waals surface area contributed by atoms with Crippen LogP contribution in [0.5, 0.6) is 0 Å². The molecule has 2 heterocycles. The first-order chi connectivity index (χ1) is 13.8. The van der Waals surface area contributed by atoms with E-state index < -0.39 is 30.2 Å². The second-order valence-electron chi connectivity index (χ2n) is 6.65. The van der Waals surface area contributed by atoms with Crippen LogP contribution in [0.4, 0.5) is 0 Å². The van der Waals surface area contributed by atoms with Gasteiger partial charge in [-0.05, 0) is 32.0 Å². The summed E-state index contributed by atoms with van der Waals surface area (Å²) in [6.07, 6.45) is 1.73. The molecule has 8 nitrogen and oxygen atoms in total. The van der Waals surface area contributed by atoms with E-state index in [9.17, 15) is 19.2 Å². The first-order valence-corrected chi connectivity index (χ1v) is 9.01. The number of ether oxygens (including phenoxy) is 1. The fraction of sp³-hybridized carbons (Fsp3) is 0.238. The summed E-state index contributed by atoms with van der Waals surface area (Å²) in [4.78, 5) is 49.1. The Morgan fingerprint density at radius 1 is 1.17 bits per heavy atom. The van der Waals surface area contributed by atoms with E-state index in [0.717, 1.165) is 16.1 Å². The van der Waals surface area contributed by atoms with E-state index in [1.165, 1.54) is 12.1 Å². The highest BCUT2D eigenvalue weighted by Gasteiger charge is 2.18. The Hall–Kier alpha value is -3.68. The fourth-order valence-electron chi connectivity index (χ4n) is 3.25. The predicted octanol–water partition coefficient (Wildman–Crippen LogP) is 1.72. The highest BCUT2D eigenvalue weighted by Crippen LogP contribution is 2.16. The number of nitrogens with one attached hydrogen (secondary N) is 1. The van der Waals surface area contributed by atoms with Gasteiger partial charge in [0.05, 0.1) is 10.8 Å². The predicted molar refractivity (Wildman–Crippen MR) is 108 cm³/mol. The second-order valence-corrected chi connectivity index (χ2v) is 6.65. The molecule has 0 unspecified atom stereocenters. The number of hydrogen-bond donors (Lipinski definition) is 1. The summed E-state index contributed by atoms with van der Waals surface area (Å²) in [6.45, 7) is 7.00. The van der Waals surface area contributed by atoms with Gasteiger partial charge in [-0.15, -0.1) is 6.58 Å². The van der Waals surface area contributed by atoms with Gasteiger partial charge in [0.1, 0.15) is 6.54 Å². The molecular formula is C21H21N3O5. The number of carbonyl (C=O) groups is 2. The van der Waals surface area contributed by atoms with E-state index in [1.54, 1.807) is 24.3 Å². The Balaban J connectivity index is 1.72. The van der Waals surface area contributed by atoms with Crippen LogP contribution in [0.25, 0.3) is 10.8 Å². The molecule has 3 aromatic rings. The van der Waals surface area contributed by atoms with Gasteiger partial charge in [0.2, 0.25) is 5.78 Å². The Labute approximate surface area is 166 Å². The lowest BCUT2D eigenvalue weighted by atomic mass is 10.1. The SMILES string of the molecule is C=CCn1c(C)cc(C(=O)COC(=O)Cn2[nH]c(=O)c3ccccc3c2=O)c1C. The molecule has 0 atom stereocenters. The number of hydrogen-bond acceptors (Lipinski definition) is 5. The Morgan fingerprint density at radius 2 is 1.86 bits per heavy atom. The number of aryl methyl sites for hydroxylation is 1. The quantitative estimate of drug-likeness (QED) is 0.373. The van der Waals surface area contributed by atoms with Crippen LogP contribution in [-0.2, 0) is 22.6 Å². The van der Waals surface area contributed by atoms with Crippen molar-refractivity contribution >= 4 is 22.5 Å². The van der Waals surface area contributed by atoms with Crippen molar-refractivity contribution in [1.29, 1.82) is 0 Å². The van der Waals surface area contributed by atoms with Crippen LogP contribution < -0.4 is 11.1 Å². The van der Waals surface area contributed by atoms with Crippen LogP contribution in [0.15, 0.2) is 52.6 Å². The number of carbonyl (C=O) groups excluding carboxylic acids is 2. The molecule has 0 spiro atoms. The molecule has 3 rings (SSSR count). The number of benzene rings is 1. The number of Topliss-reactive ketones (excluding diaryl/α,β-unsaturated/α-hetero) is 1. The molecule has 0 saturated heterocycles. The van der Waals surface area contributed by atoms with Crippen molar-refractivity contribution in [1.82, 2.24) is 14.3 Å². The lowest BCUT2D eigenvalue weighted by Gasteiger charge is -2.08.